The average Bonchev–Trinajstić information content (AvgIpc) is 2.29. The van der Waals surface area contributed by atoms with Crippen molar-refractivity contribution in [1.82, 2.24) is 4.98 Å². The van der Waals surface area contributed by atoms with Gasteiger partial charge in [-0.15, -0.1) is 0 Å². The van der Waals surface area contributed by atoms with Gasteiger partial charge in [-0.3, -0.25) is 4.98 Å². The van der Waals surface area contributed by atoms with Crippen LogP contribution in [0.4, 0.5) is 0 Å². The molecule has 2 heteroatoms. The number of hydrogen-bond donors (Lipinski definition) is 1. The summed E-state index contributed by atoms with van der Waals surface area (Å²) in [5.41, 5.74) is 9.11. The van der Waals surface area contributed by atoms with Gasteiger partial charge in [-0.05, 0) is 49.1 Å². The van der Waals surface area contributed by atoms with Gasteiger partial charge in [-0.1, -0.05) is 26.8 Å². The van der Waals surface area contributed by atoms with Crippen LogP contribution < -0.4 is 5.73 Å². The molecule has 0 aromatic carbocycles. The predicted molar refractivity (Wildman–Crippen MR) is 76.5 cm³/mol. The zero-order valence-electron chi connectivity index (χ0n) is 12.1. The van der Waals surface area contributed by atoms with Gasteiger partial charge in [0.25, 0.3) is 0 Å². The van der Waals surface area contributed by atoms with Gasteiger partial charge in [0.05, 0.1) is 0 Å². The first-order valence-electron chi connectivity index (χ1n) is 7.06. The van der Waals surface area contributed by atoms with Crippen molar-refractivity contribution in [3.05, 3.63) is 29.6 Å². The third-order valence-electron chi connectivity index (χ3n) is 4.49. The molecule has 2 nitrogen and oxygen atoms in total. The maximum absolute atomic E-state index is 6.33. The Morgan fingerprint density at radius 2 is 1.94 bits per heavy atom. The van der Waals surface area contributed by atoms with Crippen LogP contribution in [0.5, 0.6) is 0 Å². The first-order valence-corrected chi connectivity index (χ1v) is 7.06. The third-order valence-corrected chi connectivity index (χ3v) is 4.49. The zero-order valence-corrected chi connectivity index (χ0v) is 12.1. The van der Waals surface area contributed by atoms with Crippen LogP contribution >= 0.6 is 0 Å². The monoisotopic (exact) mass is 246 g/mol. The van der Waals surface area contributed by atoms with E-state index in [1.165, 1.54) is 18.4 Å². The van der Waals surface area contributed by atoms with E-state index < -0.39 is 0 Å². The van der Waals surface area contributed by atoms with Gasteiger partial charge in [0.15, 0.2) is 0 Å². The highest BCUT2D eigenvalue weighted by Gasteiger charge is 2.35. The van der Waals surface area contributed by atoms with Crippen molar-refractivity contribution in [2.75, 3.05) is 0 Å². The van der Waals surface area contributed by atoms with Crippen LogP contribution in [0.15, 0.2) is 18.3 Å². The van der Waals surface area contributed by atoms with Crippen LogP contribution in [0.1, 0.15) is 57.2 Å². The van der Waals surface area contributed by atoms with Crippen molar-refractivity contribution in [1.29, 1.82) is 0 Å². The van der Waals surface area contributed by atoms with Crippen molar-refractivity contribution in [2.45, 2.75) is 58.9 Å². The van der Waals surface area contributed by atoms with Crippen molar-refractivity contribution < 1.29 is 0 Å². The summed E-state index contributed by atoms with van der Waals surface area (Å²) in [6.07, 6.45) is 5.63. The molecule has 1 fully saturated rings. The van der Waals surface area contributed by atoms with Crippen LogP contribution in [0.25, 0.3) is 0 Å². The second-order valence-corrected chi connectivity index (χ2v) is 6.88. The SMILES string of the molecule is Cc1ccc(C2CC(C(C)(C)C)CCC2N)cn1. The van der Waals surface area contributed by atoms with Crippen molar-refractivity contribution in [3.63, 3.8) is 0 Å². The summed E-state index contributed by atoms with van der Waals surface area (Å²) >= 11 is 0. The molecule has 0 spiro atoms. The van der Waals surface area contributed by atoms with Crippen molar-refractivity contribution >= 4 is 0 Å². The van der Waals surface area contributed by atoms with Gasteiger partial charge in [-0.2, -0.15) is 0 Å². The summed E-state index contributed by atoms with van der Waals surface area (Å²) < 4.78 is 0. The summed E-state index contributed by atoms with van der Waals surface area (Å²) in [5.74, 6) is 1.25. The summed E-state index contributed by atoms with van der Waals surface area (Å²) in [6, 6.07) is 4.61. The molecule has 18 heavy (non-hydrogen) atoms. The molecule has 1 aromatic rings. The molecule has 1 saturated carbocycles. The number of aromatic nitrogens is 1. The number of aryl methyl sites for hydroxylation is 1. The van der Waals surface area contributed by atoms with E-state index in [1.54, 1.807) is 0 Å². The highest BCUT2D eigenvalue weighted by Crippen LogP contribution is 2.43. The molecule has 1 aliphatic rings. The van der Waals surface area contributed by atoms with E-state index in [1.807, 2.05) is 13.1 Å². The Labute approximate surface area is 111 Å². The minimum Gasteiger partial charge on any atom is -0.327 e. The molecule has 2 N–H and O–H groups in total. The van der Waals surface area contributed by atoms with E-state index in [0.29, 0.717) is 17.4 Å². The molecule has 0 bridgehead atoms. The minimum atomic E-state index is 0.299. The fourth-order valence-electron chi connectivity index (χ4n) is 3.06. The number of pyridine rings is 1. The lowest BCUT2D eigenvalue weighted by Crippen LogP contribution is -2.38. The van der Waals surface area contributed by atoms with Crippen LogP contribution in [-0.2, 0) is 0 Å². The Morgan fingerprint density at radius 3 is 2.50 bits per heavy atom. The topological polar surface area (TPSA) is 38.9 Å². The average molecular weight is 246 g/mol. The summed E-state index contributed by atoms with van der Waals surface area (Å²) in [5, 5.41) is 0. The Hall–Kier alpha value is -0.890. The van der Waals surface area contributed by atoms with Crippen LogP contribution in [0.2, 0.25) is 0 Å². The first-order chi connectivity index (χ1) is 8.38. The Kier molecular flexibility index (Phi) is 3.76. The molecule has 2 rings (SSSR count). The molecule has 0 saturated heterocycles. The maximum atomic E-state index is 6.33. The van der Waals surface area contributed by atoms with Gasteiger partial charge < -0.3 is 5.73 Å². The molecule has 3 unspecified atom stereocenters. The number of nitrogens with two attached hydrogens (primary N) is 1. The summed E-state index contributed by atoms with van der Waals surface area (Å²) in [7, 11) is 0. The van der Waals surface area contributed by atoms with Crippen molar-refractivity contribution in [3.8, 4) is 0 Å². The standard InChI is InChI=1S/C16H26N2/c1-11-5-6-12(10-18-11)14-9-13(16(2,3)4)7-8-15(14)17/h5-6,10,13-15H,7-9,17H2,1-4H3. The van der Waals surface area contributed by atoms with Crippen LogP contribution in [0, 0.1) is 18.3 Å². The smallest absolute Gasteiger partial charge is 0.0372 e. The Balaban J connectivity index is 2.17. The molecule has 1 aliphatic carbocycles. The van der Waals surface area contributed by atoms with Gasteiger partial charge in [0.2, 0.25) is 0 Å². The van der Waals surface area contributed by atoms with E-state index in [2.05, 4.69) is 37.9 Å². The second kappa shape index (κ2) is 5.00. The molecular weight excluding hydrogens is 220 g/mol. The molecule has 0 radical (unpaired) electrons. The molecule has 1 aromatic heterocycles. The van der Waals surface area contributed by atoms with Crippen LogP contribution in [-0.4, -0.2) is 11.0 Å². The Bertz CT molecular complexity index is 389. The predicted octanol–water partition coefficient (Wildman–Crippen LogP) is 3.65. The lowest BCUT2D eigenvalue weighted by atomic mass is 9.66. The van der Waals surface area contributed by atoms with E-state index in [9.17, 15) is 0 Å². The lowest BCUT2D eigenvalue weighted by Gasteiger charge is -2.40. The van der Waals surface area contributed by atoms with E-state index in [4.69, 9.17) is 5.73 Å². The molecule has 1 heterocycles. The maximum Gasteiger partial charge on any atom is 0.0372 e. The minimum absolute atomic E-state index is 0.299. The third kappa shape index (κ3) is 2.92. The second-order valence-electron chi connectivity index (χ2n) is 6.88. The molecule has 0 amide bonds. The van der Waals surface area contributed by atoms with Gasteiger partial charge in [-0.25, -0.2) is 0 Å². The summed E-state index contributed by atoms with van der Waals surface area (Å²) in [4.78, 5) is 4.42. The largest absolute Gasteiger partial charge is 0.327 e. The van der Waals surface area contributed by atoms with Gasteiger partial charge in [0, 0.05) is 23.9 Å². The number of hydrogen-bond acceptors (Lipinski definition) is 2. The van der Waals surface area contributed by atoms with E-state index in [0.717, 1.165) is 18.0 Å². The normalized spacial score (nSPS) is 29.3. The van der Waals surface area contributed by atoms with E-state index >= 15 is 0 Å². The number of nitrogens with zero attached hydrogens (tertiary/aromatic N) is 1. The van der Waals surface area contributed by atoms with Gasteiger partial charge in [0.1, 0.15) is 0 Å². The fourth-order valence-corrected chi connectivity index (χ4v) is 3.06. The number of rotatable bonds is 1. The summed E-state index contributed by atoms with van der Waals surface area (Å²) in [6.45, 7) is 9.07. The van der Waals surface area contributed by atoms with Gasteiger partial charge >= 0.3 is 0 Å². The first kappa shape index (κ1) is 13.5. The zero-order chi connectivity index (χ0) is 13.3. The lowest BCUT2D eigenvalue weighted by molar-refractivity contribution is 0.154. The quantitative estimate of drug-likeness (QED) is 0.821. The molecule has 100 valence electrons. The highest BCUT2D eigenvalue weighted by molar-refractivity contribution is 5.20. The molecular formula is C16H26N2. The molecule has 3 atom stereocenters. The van der Waals surface area contributed by atoms with Crippen LogP contribution in [0.3, 0.4) is 0 Å². The Morgan fingerprint density at radius 1 is 1.22 bits per heavy atom. The highest BCUT2D eigenvalue weighted by atomic mass is 14.7. The fraction of sp³-hybridized carbons (Fsp3) is 0.688. The van der Waals surface area contributed by atoms with E-state index in [-0.39, 0.29) is 0 Å². The van der Waals surface area contributed by atoms with Crippen molar-refractivity contribution in [2.24, 2.45) is 17.1 Å². The molecule has 0 aliphatic heterocycles.